The zero-order valence-corrected chi connectivity index (χ0v) is 16.5. The Morgan fingerprint density at radius 1 is 1.10 bits per heavy atom. The van der Waals surface area contributed by atoms with Crippen molar-refractivity contribution < 1.29 is 19.2 Å². The average molecular weight is 414 g/mol. The molecule has 4 N–H and O–H groups in total. The number of benzene rings is 2. The molecule has 1 aliphatic rings. The van der Waals surface area contributed by atoms with E-state index in [1.54, 1.807) is 43.3 Å². The van der Waals surface area contributed by atoms with Gasteiger partial charge in [0.2, 0.25) is 5.78 Å². The number of nitrogens with one attached hydrogen (secondary N) is 3. The largest absolute Gasteiger partial charge is 0.508 e. The van der Waals surface area contributed by atoms with E-state index in [-0.39, 0.29) is 11.5 Å². The summed E-state index contributed by atoms with van der Waals surface area (Å²) in [6.45, 7) is 1.74. The number of aromatic hydroxyl groups is 1. The first-order chi connectivity index (χ1) is 14.9. The highest BCUT2D eigenvalue weighted by Gasteiger charge is 2.22. The van der Waals surface area contributed by atoms with Crippen molar-refractivity contribution in [3.05, 3.63) is 76.7 Å². The second-order valence-corrected chi connectivity index (χ2v) is 7.45. The number of Topliss-reactive ketones (excluding diaryl/α,β-unsaturated/α-hetero) is 1. The van der Waals surface area contributed by atoms with E-state index < -0.39 is 6.03 Å². The number of rotatable bonds is 4. The van der Waals surface area contributed by atoms with E-state index in [4.69, 9.17) is 4.52 Å². The van der Waals surface area contributed by atoms with Crippen molar-refractivity contribution in [2.75, 3.05) is 10.6 Å². The number of hydrogen-bond donors (Lipinski definition) is 4. The Morgan fingerprint density at radius 3 is 2.77 bits per heavy atom. The first-order valence-electron chi connectivity index (χ1n) is 9.66. The fourth-order valence-electron chi connectivity index (χ4n) is 3.68. The van der Waals surface area contributed by atoms with E-state index in [0.717, 1.165) is 22.0 Å². The minimum Gasteiger partial charge on any atom is -0.508 e. The lowest BCUT2D eigenvalue weighted by Crippen LogP contribution is -2.19. The summed E-state index contributed by atoms with van der Waals surface area (Å²) < 4.78 is 4.92. The highest BCUT2D eigenvalue weighted by atomic mass is 16.5. The van der Waals surface area contributed by atoms with Gasteiger partial charge in [0, 0.05) is 34.7 Å². The molecule has 2 heterocycles. The SMILES string of the molecule is Cc1cc(NC(=O)Nc2ccc3c(c2)C=C(C(=O)c2cc4cc(O)ccc4[nH]2)C3)no1. The van der Waals surface area contributed by atoms with Crippen LogP contribution in [0.2, 0.25) is 0 Å². The number of phenolic OH excluding ortho intramolecular Hbond substituents is 1. The maximum Gasteiger partial charge on any atom is 0.324 e. The van der Waals surface area contributed by atoms with E-state index in [1.807, 2.05) is 18.2 Å². The molecule has 5 rings (SSSR count). The van der Waals surface area contributed by atoms with Crippen molar-refractivity contribution in [3.8, 4) is 5.75 Å². The van der Waals surface area contributed by atoms with Crippen molar-refractivity contribution in [1.82, 2.24) is 10.1 Å². The van der Waals surface area contributed by atoms with E-state index in [9.17, 15) is 14.7 Å². The number of allylic oxidation sites excluding steroid dienone is 1. The number of aromatic nitrogens is 2. The summed E-state index contributed by atoms with van der Waals surface area (Å²) in [6, 6.07) is 13.4. The average Bonchev–Trinajstić information content (AvgIpc) is 3.44. The van der Waals surface area contributed by atoms with Gasteiger partial charge < -0.3 is 19.9 Å². The van der Waals surface area contributed by atoms with Crippen LogP contribution in [0.3, 0.4) is 0 Å². The van der Waals surface area contributed by atoms with Gasteiger partial charge in [0.25, 0.3) is 0 Å². The number of H-pyrrole nitrogens is 1. The van der Waals surface area contributed by atoms with E-state index >= 15 is 0 Å². The number of aromatic amines is 1. The molecule has 1 aliphatic carbocycles. The molecule has 0 aliphatic heterocycles. The van der Waals surface area contributed by atoms with Gasteiger partial charge in [-0.05, 0) is 60.5 Å². The van der Waals surface area contributed by atoms with Crippen LogP contribution in [0.1, 0.15) is 27.4 Å². The molecule has 0 bridgehead atoms. The smallest absolute Gasteiger partial charge is 0.324 e. The molecule has 0 saturated carbocycles. The van der Waals surface area contributed by atoms with E-state index in [1.165, 1.54) is 0 Å². The number of phenols is 1. The molecule has 4 aromatic rings. The van der Waals surface area contributed by atoms with Gasteiger partial charge in [0.15, 0.2) is 5.82 Å². The summed E-state index contributed by atoms with van der Waals surface area (Å²) in [7, 11) is 0. The van der Waals surface area contributed by atoms with Crippen molar-refractivity contribution in [1.29, 1.82) is 0 Å². The number of urea groups is 1. The molecule has 8 nitrogen and oxygen atoms in total. The van der Waals surface area contributed by atoms with Gasteiger partial charge >= 0.3 is 6.03 Å². The topological polar surface area (TPSA) is 120 Å². The highest BCUT2D eigenvalue weighted by molar-refractivity contribution is 6.13. The molecule has 2 aromatic carbocycles. The Labute approximate surface area is 176 Å². The zero-order chi connectivity index (χ0) is 21.5. The summed E-state index contributed by atoms with van der Waals surface area (Å²) in [6.07, 6.45) is 2.35. The van der Waals surface area contributed by atoms with E-state index in [2.05, 4.69) is 20.8 Å². The number of nitrogens with zero attached hydrogens (tertiary/aromatic N) is 1. The molecule has 154 valence electrons. The molecule has 0 spiro atoms. The first-order valence-corrected chi connectivity index (χ1v) is 9.66. The highest BCUT2D eigenvalue weighted by Crippen LogP contribution is 2.30. The van der Waals surface area contributed by atoms with Gasteiger partial charge in [0.1, 0.15) is 11.5 Å². The lowest BCUT2D eigenvalue weighted by molar-refractivity contribution is 0.103. The monoisotopic (exact) mass is 414 g/mol. The van der Waals surface area contributed by atoms with Crippen LogP contribution in [0.25, 0.3) is 17.0 Å². The maximum atomic E-state index is 13.0. The minimum atomic E-state index is -0.437. The number of ketones is 1. The number of amides is 2. The molecule has 0 fully saturated rings. The quantitative estimate of drug-likeness (QED) is 0.363. The van der Waals surface area contributed by atoms with E-state index in [0.29, 0.717) is 35.0 Å². The minimum absolute atomic E-state index is 0.0967. The summed E-state index contributed by atoms with van der Waals surface area (Å²) in [5.74, 6) is 0.985. The Balaban J connectivity index is 1.32. The molecule has 0 unspecified atom stereocenters. The molecular formula is C23H18N4O4. The summed E-state index contributed by atoms with van der Waals surface area (Å²) >= 11 is 0. The molecule has 0 atom stereocenters. The summed E-state index contributed by atoms with van der Waals surface area (Å²) in [4.78, 5) is 28.3. The number of carbonyl (C=O) groups excluding carboxylic acids is 2. The third-order valence-electron chi connectivity index (χ3n) is 5.12. The Kier molecular flexibility index (Phi) is 4.32. The molecular weight excluding hydrogens is 396 g/mol. The number of aryl methyl sites for hydroxylation is 1. The van der Waals surface area contributed by atoms with Crippen LogP contribution in [-0.2, 0) is 6.42 Å². The Hall–Kier alpha value is -4.33. The lowest BCUT2D eigenvalue weighted by atomic mass is 10.1. The number of anilines is 2. The van der Waals surface area contributed by atoms with Gasteiger partial charge in [-0.1, -0.05) is 11.2 Å². The number of hydrogen-bond acceptors (Lipinski definition) is 5. The van der Waals surface area contributed by atoms with Crippen molar-refractivity contribution in [3.63, 3.8) is 0 Å². The molecule has 31 heavy (non-hydrogen) atoms. The predicted octanol–water partition coefficient (Wildman–Crippen LogP) is 4.64. The summed E-state index contributed by atoms with van der Waals surface area (Å²) in [5.41, 5.74) is 4.41. The van der Waals surface area contributed by atoms with Crippen LogP contribution >= 0.6 is 0 Å². The zero-order valence-electron chi connectivity index (χ0n) is 16.5. The standard InChI is InChI=1S/C23H18N4O4/c1-12-6-21(27-31-12)26-23(30)24-17-3-2-13-7-16(8-14(13)9-17)22(29)20-11-15-10-18(28)4-5-19(15)25-20/h2-6,8-11,25,28H,7H2,1H3,(H2,24,26,27,30). The van der Waals surface area contributed by atoms with Crippen molar-refractivity contribution in [2.24, 2.45) is 0 Å². The van der Waals surface area contributed by atoms with Gasteiger partial charge in [-0.2, -0.15) is 0 Å². The second-order valence-electron chi connectivity index (χ2n) is 7.45. The van der Waals surface area contributed by atoms with Gasteiger partial charge in [-0.15, -0.1) is 0 Å². The van der Waals surface area contributed by atoms with Crippen LogP contribution in [0, 0.1) is 6.92 Å². The normalized spacial score (nSPS) is 12.5. The third-order valence-corrected chi connectivity index (χ3v) is 5.12. The molecule has 0 radical (unpaired) electrons. The van der Waals surface area contributed by atoms with Gasteiger partial charge in [-0.3, -0.25) is 10.1 Å². The number of fused-ring (bicyclic) bond motifs is 2. The van der Waals surface area contributed by atoms with Crippen molar-refractivity contribution in [2.45, 2.75) is 13.3 Å². The maximum absolute atomic E-state index is 13.0. The molecule has 2 amide bonds. The third kappa shape index (κ3) is 3.66. The van der Waals surface area contributed by atoms with Crippen LogP contribution in [0.15, 0.2) is 58.6 Å². The molecule has 8 heteroatoms. The summed E-state index contributed by atoms with van der Waals surface area (Å²) in [5, 5.41) is 19.5. The van der Waals surface area contributed by atoms with Crippen LogP contribution in [0.4, 0.5) is 16.3 Å². The predicted molar refractivity (Wildman–Crippen MR) is 116 cm³/mol. The fourth-order valence-corrected chi connectivity index (χ4v) is 3.68. The fraction of sp³-hybridized carbons (Fsp3) is 0.0870. The second kappa shape index (κ2) is 7.17. The first kappa shape index (κ1) is 18.7. The Morgan fingerprint density at radius 2 is 1.97 bits per heavy atom. The van der Waals surface area contributed by atoms with Crippen LogP contribution in [0.5, 0.6) is 5.75 Å². The number of carbonyl (C=O) groups is 2. The molecule has 0 saturated heterocycles. The Bertz CT molecular complexity index is 1380. The van der Waals surface area contributed by atoms with Gasteiger partial charge in [-0.25, -0.2) is 4.79 Å². The molecule has 2 aromatic heterocycles. The van der Waals surface area contributed by atoms with Gasteiger partial charge in [0.05, 0.1) is 5.69 Å². The lowest BCUT2D eigenvalue weighted by Gasteiger charge is -2.07. The van der Waals surface area contributed by atoms with Crippen LogP contribution < -0.4 is 10.6 Å². The van der Waals surface area contributed by atoms with Crippen molar-refractivity contribution >= 4 is 40.3 Å². The van der Waals surface area contributed by atoms with Crippen LogP contribution in [-0.4, -0.2) is 27.1 Å².